The van der Waals surface area contributed by atoms with Crippen LogP contribution in [0.25, 0.3) is 0 Å². The average molecular weight is 357 g/mol. The van der Waals surface area contributed by atoms with E-state index in [1.807, 2.05) is 37.3 Å². The number of rotatable bonds is 8. The maximum absolute atomic E-state index is 5.47. The van der Waals surface area contributed by atoms with Gasteiger partial charge in [0.25, 0.3) is 0 Å². The van der Waals surface area contributed by atoms with E-state index in [0.717, 1.165) is 29.4 Å². The number of nitrogens with zero attached hydrogens (tertiary/aromatic N) is 1. The summed E-state index contributed by atoms with van der Waals surface area (Å²) in [6.45, 7) is 3.98. The molecule has 0 unspecified atom stereocenters. The van der Waals surface area contributed by atoms with Gasteiger partial charge in [0.05, 0.1) is 27.9 Å². The van der Waals surface area contributed by atoms with Crippen LogP contribution in [0.2, 0.25) is 0 Å². The molecule has 6 heteroatoms. The van der Waals surface area contributed by atoms with Crippen molar-refractivity contribution in [1.82, 2.24) is 10.6 Å². The number of methoxy groups -OCH3 is 3. The molecular weight excluding hydrogens is 330 g/mol. The van der Waals surface area contributed by atoms with Crippen molar-refractivity contribution in [3.8, 4) is 17.2 Å². The molecule has 0 atom stereocenters. The summed E-state index contributed by atoms with van der Waals surface area (Å²) in [6, 6.07) is 13.9. The molecule has 0 saturated carbocycles. The molecule has 2 rings (SSSR count). The van der Waals surface area contributed by atoms with Crippen LogP contribution in [-0.2, 0) is 13.1 Å². The second-order valence-electron chi connectivity index (χ2n) is 5.55. The predicted molar refractivity (Wildman–Crippen MR) is 104 cm³/mol. The van der Waals surface area contributed by atoms with Crippen molar-refractivity contribution in [3.05, 3.63) is 53.6 Å². The molecule has 2 N–H and O–H groups in total. The third-order valence-corrected chi connectivity index (χ3v) is 3.84. The van der Waals surface area contributed by atoms with Crippen LogP contribution < -0.4 is 24.8 Å². The topological polar surface area (TPSA) is 64.1 Å². The highest BCUT2D eigenvalue weighted by molar-refractivity contribution is 5.79. The number of benzene rings is 2. The van der Waals surface area contributed by atoms with Gasteiger partial charge in [0, 0.05) is 24.7 Å². The SMILES string of the molecule is CCNC(=NCc1ccccc1)NCc1cc(OC)c(OC)cc1OC. The quantitative estimate of drug-likeness (QED) is 0.562. The monoisotopic (exact) mass is 357 g/mol. The van der Waals surface area contributed by atoms with Crippen LogP contribution in [0, 0.1) is 0 Å². The molecule has 0 fully saturated rings. The zero-order chi connectivity index (χ0) is 18.8. The summed E-state index contributed by atoms with van der Waals surface area (Å²) >= 11 is 0. The zero-order valence-corrected chi connectivity index (χ0v) is 15.8. The fraction of sp³-hybridized carbons (Fsp3) is 0.350. The summed E-state index contributed by atoms with van der Waals surface area (Å²) in [5, 5.41) is 6.59. The van der Waals surface area contributed by atoms with Crippen molar-refractivity contribution < 1.29 is 14.2 Å². The minimum Gasteiger partial charge on any atom is -0.496 e. The lowest BCUT2D eigenvalue weighted by Gasteiger charge is -2.16. The van der Waals surface area contributed by atoms with E-state index in [1.54, 1.807) is 21.3 Å². The molecular formula is C20H27N3O3. The molecule has 0 amide bonds. The Hall–Kier alpha value is -2.89. The zero-order valence-electron chi connectivity index (χ0n) is 15.8. The van der Waals surface area contributed by atoms with Gasteiger partial charge in [-0.25, -0.2) is 4.99 Å². The predicted octanol–water partition coefficient (Wildman–Crippen LogP) is 2.97. The van der Waals surface area contributed by atoms with Crippen LogP contribution in [0.3, 0.4) is 0 Å². The molecule has 0 aliphatic carbocycles. The number of ether oxygens (including phenoxy) is 3. The Kier molecular flexibility index (Phi) is 7.61. The number of hydrogen-bond acceptors (Lipinski definition) is 4. The van der Waals surface area contributed by atoms with E-state index in [-0.39, 0.29) is 0 Å². The van der Waals surface area contributed by atoms with Gasteiger partial charge in [0.1, 0.15) is 5.75 Å². The minimum atomic E-state index is 0.546. The Morgan fingerprint density at radius 3 is 2.15 bits per heavy atom. The highest BCUT2D eigenvalue weighted by atomic mass is 16.5. The van der Waals surface area contributed by atoms with E-state index in [1.165, 1.54) is 0 Å². The van der Waals surface area contributed by atoms with E-state index >= 15 is 0 Å². The van der Waals surface area contributed by atoms with Gasteiger partial charge in [-0.2, -0.15) is 0 Å². The van der Waals surface area contributed by atoms with Gasteiger partial charge in [-0.05, 0) is 18.6 Å². The number of hydrogen-bond donors (Lipinski definition) is 2. The van der Waals surface area contributed by atoms with Crippen LogP contribution in [0.1, 0.15) is 18.1 Å². The largest absolute Gasteiger partial charge is 0.496 e. The van der Waals surface area contributed by atoms with Gasteiger partial charge >= 0.3 is 0 Å². The molecule has 140 valence electrons. The first kappa shape index (κ1) is 19.4. The van der Waals surface area contributed by atoms with E-state index in [4.69, 9.17) is 14.2 Å². The third kappa shape index (κ3) is 5.31. The normalized spacial score (nSPS) is 11.0. The lowest BCUT2D eigenvalue weighted by Crippen LogP contribution is -2.36. The second-order valence-corrected chi connectivity index (χ2v) is 5.55. The first-order valence-corrected chi connectivity index (χ1v) is 8.56. The van der Waals surface area contributed by atoms with Crippen molar-refractivity contribution in [2.75, 3.05) is 27.9 Å². The molecule has 6 nitrogen and oxygen atoms in total. The van der Waals surface area contributed by atoms with Gasteiger partial charge in [-0.15, -0.1) is 0 Å². The Bertz CT molecular complexity index is 718. The summed E-state index contributed by atoms with van der Waals surface area (Å²) in [6.07, 6.45) is 0. The fourth-order valence-electron chi connectivity index (χ4n) is 2.51. The van der Waals surface area contributed by atoms with Crippen LogP contribution in [-0.4, -0.2) is 33.8 Å². The second kappa shape index (κ2) is 10.2. The van der Waals surface area contributed by atoms with E-state index in [2.05, 4.69) is 27.8 Å². The first-order chi connectivity index (χ1) is 12.7. The molecule has 0 spiro atoms. The Labute approximate surface area is 155 Å². The van der Waals surface area contributed by atoms with Crippen LogP contribution in [0.5, 0.6) is 17.2 Å². The van der Waals surface area contributed by atoms with Crippen molar-refractivity contribution in [2.45, 2.75) is 20.0 Å². The number of nitrogens with one attached hydrogen (secondary N) is 2. The Morgan fingerprint density at radius 1 is 0.885 bits per heavy atom. The van der Waals surface area contributed by atoms with Crippen molar-refractivity contribution in [2.24, 2.45) is 4.99 Å². The molecule has 2 aromatic carbocycles. The maximum Gasteiger partial charge on any atom is 0.191 e. The van der Waals surface area contributed by atoms with Crippen molar-refractivity contribution in [3.63, 3.8) is 0 Å². The summed E-state index contributed by atoms with van der Waals surface area (Å²) in [7, 11) is 4.86. The highest BCUT2D eigenvalue weighted by Crippen LogP contribution is 2.34. The van der Waals surface area contributed by atoms with Crippen LogP contribution in [0.4, 0.5) is 0 Å². The number of aliphatic imine (C=N–C) groups is 1. The van der Waals surface area contributed by atoms with Gasteiger partial charge < -0.3 is 24.8 Å². The van der Waals surface area contributed by atoms with Gasteiger partial charge in [-0.3, -0.25) is 0 Å². The summed E-state index contributed by atoms with van der Waals surface area (Å²) in [5.74, 6) is 2.77. The highest BCUT2D eigenvalue weighted by Gasteiger charge is 2.12. The molecule has 26 heavy (non-hydrogen) atoms. The summed E-state index contributed by atoms with van der Waals surface area (Å²) in [5.41, 5.74) is 2.11. The summed E-state index contributed by atoms with van der Waals surface area (Å²) < 4.78 is 16.2. The molecule has 0 radical (unpaired) electrons. The Morgan fingerprint density at radius 2 is 1.54 bits per heavy atom. The fourth-order valence-corrected chi connectivity index (χ4v) is 2.51. The van der Waals surface area contributed by atoms with Gasteiger partial charge in [0.2, 0.25) is 0 Å². The summed E-state index contributed by atoms with van der Waals surface area (Å²) in [4.78, 5) is 4.63. The van der Waals surface area contributed by atoms with Crippen molar-refractivity contribution >= 4 is 5.96 Å². The Balaban J connectivity index is 2.12. The molecule has 0 bridgehead atoms. The van der Waals surface area contributed by atoms with E-state index < -0.39 is 0 Å². The molecule has 0 aliphatic rings. The molecule has 0 aliphatic heterocycles. The third-order valence-electron chi connectivity index (χ3n) is 3.84. The van der Waals surface area contributed by atoms with E-state index in [9.17, 15) is 0 Å². The van der Waals surface area contributed by atoms with Crippen LogP contribution >= 0.6 is 0 Å². The molecule has 0 aromatic heterocycles. The van der Waals surface area contributed by atoms with E-state index in [0.29, 0.717) is 24.6 Å². The molecule has 0 saturated heterocycles. The molecule has 0 heterocycles. The lowest BCUT2D eigenvalue weighted by molar-refractivity contribution is 0.347. The lowest BCUT2D eigenvalue weighted by atomic mass is 10.1. The van der Waals surface area contributed by atoms with Gasteiger partial charge in [-0.1, -0.05) is 30.3 Å². The maximum atomic E-state index is 5.47. The standard InChI is InChI=1S/C20H27N3O3/c1-5-21-20(22-13-15-9-7-6-8-10-15)23-14-16-11-18(25-3)19(26-4)12-17(16)24-2/h6-12H,5,13-14H2,1-4H3,(H2,21,22,23). The average Bonchev–Trinajstić information content (AvgIpc) is 2.70. The number of guanidine groups is 1. The minimum absolute atomic E-state index is 0.546. The first-order valence-electron chi connectivity index (χ1n) is 8.56. The molecule has 2 aromatic rings. The van der Waals surface area contributed by atoms with Crippen LogP contribution in [0.15, 0.2) is 47.5 Å². The van der Waals surface area contributed by atoms with Gasteiger partial charge in [0.15, 0.2) is 17.5 Å². The van der Waals surface area contributed by atoms with Crippen molar-refractivity contribution in [1.29, 1.82) is 0 Å². The smallest absolute Gasteiger partial charge is 0.191 e.